The van der Waals surface area contributed by atoms with E-state index in [2.05, 4.69) is 10.2 Å². The minimum Gasteiger partial charge on any atom is -0.465 e. The van der Waals surface area contributed by atoms with E-state index in [0.717, 1.165) is 28.3 Å². The van der Waals surface area contributed by atoms with Crippen LogP contribution in [0.5, 0.6) is 0 Å². The predicted molar refractivity (Wildman–Crippen MR) is 112 cm³/mol. The summed E-state index contributed by atoms with van der Waals surface area (Å²) in [5.41, 5.74) is 2.16. The standard InChI is InChI=1S/C21H21N3O5S/c1-23-10-9-14-15(11-23)30-20(18(14)21(28)29-2)22-19(27)12-3-5-13(6-4-12)24-16(25)7-8-17(24)26/h3-6H,7-11H2,1-2H3,(H,22,27). The zero-order valence-corrected chi connectivity index (χ0v) is 17.5. The van der Waals surface area contributed by atoms with Gasteiger partial charge in [0.25, 0.3) is 5.91 Å². The molecule has 0 atom stereocenters. The summed E-state index contributed by atoms with van der Waals surface area (Å²) in [7, 11) is 3.34. The molecule has 0 aliphatic carbocycles. The summed E-state index contributed by atoms with van der Waals surface area (Å²) in [5.74, 6) is -1.32. The number of ether oxygens (including phenoxy) is 1. The lowest BCUT2D eigenvalue weighted by Gasteiger charge is -2.22. The number of nitrogens with one attached hydrogen (secondary N) is 1. The van der Waals surface area contributed by atoms with Gasteiger partial charge in [0.15, 0.2) is 0 Å². The van der Waals surface area contributed by atoms with Gasteiger partial charge in [0.1, 0.15) is 5.00 Å². The van der Waals surface area contributed by atoms with Crippen molar-refractivity contribution < 1.29 is 23.9 Å². The number of nitrogens with zero attached hydrogens (tertiary/aromatic N) is 2. The van der Waals surface area contributed by atoms with Crippen molar-refractivity contribution in [3.63, 3.8) is 0 Å². The van der Waals surface area contributed by atoms with Gasteiger partial charge in [-0.1, -0.05) is 0 Å². The number of rotatable bonds is 4. The van der Waals surface area contributed by atoms with Crippen LogP contribution in [0, 0.1) is 0 Å². The zero-order valence-electron chi connectivity index (χ0n) is 16.7. The molecule has 3 amide bonds. The molecule has 156 valence electrons. The molecule has 0 spiro atoms. The Kier molecular flexibility index (Phi) is 5.40. The Bertz CT molecular complexity index is 1030. The highest BCUT2D eigenvalue weighted by Crippen LogP contribution is 2.37. The van der Waals surface area contributed by atoms with Crippen LogP contribution in [0.4, 0.5) is 10.7 Å². The fourth-order valence-electron chi connectivity index (χ4n) is 3.74. The van der Waals surface area contributed by atoms with Gasteiger partial charge in [-0.25, -0.2) is 4.79 Å². The van der Waals surface area contributed by atoms with E-state index in [-0.39, 0.29) is 30.6 Å². The molecular formula is C21H21N3O5S. The number of hydrogen-bond donors (Lipinski definition) is 1. The van der Waals surface area contributed by atoms with E-state index in [9.17, 15) is 19.2 Å². The largest absolute Gasteiger partial charge is 0.465 e. The lowest BCUT2D eigenvalue weighted by molar-refractivity contribution is -0.121. The third-order valence-electron chi connectivity index (χ3n) is 5.30. The van der Waals surface area contributed by atoms with E-state index in [1.165, 1.54) is 18.4 Å². The first-order chi connectivity index (χ1) is 14.4. The molecule has 2 aliphatic heterocycles. The molecule has 2 aromatic rings. The van der Waals surface area contributed by atoms with Crippen LogP contribution in [-0.4, -0.2) is 49.3 Å². The number of amides is 3. The highest BCUT2D eigenvalue weighted by atomic mass is 32.1. The minimum absolute atomic E-state index is 0.204. The number of esters is 1. The molecule has 1 aromatic heterocycles. The third-order valence-corrected chi connectivity index (χ3v) is 6.44. The number of thiophene rings is 1. The quantitative estimate of drug-likeness (QED) is 0.595. The molecule has 1 aromatic carbocycles. The zero-order chi connectivity index (χ0) is 21.4. The van der Waals surface area contributed by atoms with E-state index in [1.807, 2.05) is 7.05 Å². The molecule has 1 saturated heterocycles. The van der Waals surface area contributed by atoms with E-state index in [0.29, 0.717) is 28.4 Å². The molecule has 9 heteroatoms. The maximum absolute atomic E-state index is 12.8. The molecule has 1 N–H and O–H groups in total. The molecule has 0 bridgehead atoms. The van der Waals surface area contributed by atoms with Crippen molar-refractivity contribution in [2.75, 3.05) is 30.9 Å². The smallest absolute Gasteiger partial charge is 0.341 e. The first-order valence-corrected chi connectivity index (χ1v) is 10.4. The Morgan fingerprint density at radius 1 is 1.07 bits per heavy atom. The second kappa shape index (κ2) is 8.00. The first-order valence-electron chi connectivity index (χ1n) is 9.57. The minimum atomic E-state index is -0.464. The summed E-state index contributed by atoms with van der Waals surface area (Å²) >= 11 is 1.38. The predicted octanol–water partition coefficient (Wildman–Crippen LogP) is 2.43. The number of carbonyl (C=O) groups is 4. The van der Waals surface area contributed by atoms with Crippen molar-refractivity contribution in [3.05, 3.63) is 45.8 Å². The summed E-state index contributed by atoms with van der Waals surface area (Å²) in [5, 5.41) is 3.31. The average molecular weight is 427 g/mol. The van der Waals surface area contributed by atoms with E-state index in [4.69, 9.17) is 4.74 Å². The summed E-state index contributed by atoms with van der Waals surface area (Å²) in [6.45, 7) is 1.54. The number of fused-ring (bicyclic) bond motifs is 1. The van der Waals surface area contributed by atoms with Gasteiger partial charge >= 0.3 is 5.97 Å². The molecule has 0 saturated carbocycles. The number of benzene rings is 1. The molecule has 1 fully saturated rings. The monoisotopic (exact) mass is 427 g/mol. The van der Waals surface area contributed by atoms with Crippen LogP contribution in [0.15, 0.2) is 24.3 Å². The van der Waals surface area contributed by atoms with Crippen molar-refractivity contribution in [2.24, 2.45) is 0 Å². The van der Waals surface area contributed by atoms with Crippen molar-refractivity contribution in [1.82, 2.24) is 4.90 Å². The molecule has 2 aliphatic rings. The van der Waals surface area contributed by atoms with Crippen LogP contribution in [0.2, 0.25) is 0 Å². The number of carbonyl (C=O) groups excluding carboxylic acids is 4. The maximum Gasteiger partial charge on any atom is 0.341 e. The third kappa shape index (κ3) is 3.61. The summed E-state index contributed by atoms with van der Waals surface area (Å²) < 4.78 is 4.94. The summed E-state index contributed by atoms with van der Waals surface area (Å²) in [4.78, 5) is 53.3. The Morgan fingerprint density at radius 3 is 2.37 bits per heavy atom. The Labute approximate surface area is 177 Å². The summed E-state index contributed by atoms with van der Waals surface area (Å²) in [6.07, 6.45) is 1.13. The number of anilines is 2. The lowest BCUT2D eigenvalue weighted by atomic mass is 10.0. The average Bonchev–Trinajstić information content (AvgIpc) is 3.25. The normalized spacial score (nSPS) is 16.5. The first kappa shape index (κ1) is 20.2. The number of likely N-dealkylation sites (N-methyl/N-ethyl adjacent to an activating group) is 1. The molecule has 0 radical (unpaired) electrons. The van der Waals surface area contributed by atoms with Crippen LogP contribution < -0.4 is 10.2 Å². The van der Waals surface area contributed by atoms with Crippen molar-refractivity contribution in [3.8, 4) is 0 Å². The Morgan fingerprint density at radius 2 is 1.73 bits per heavy atom. The van der Waals surface area contributed by atoms with Gasteiger partial charge in [-0.05, 0) is 43.3 Å². The van der Waals surface area contributed by atoms with Gasteiger partial charge in [-0.2, -0.15) is 0 Å². The molecule has 4 rings (SSSR count). The van der Waals surface area contributed by atoms with Gasteiger partial charge in [-0.15, -0.1) is 11.3 Å². The Balaban J connectivity index is 1.57. The fraction of sp³-hybridized carbons (Fsp3) is 0.333. The second-order valence-corrected chi connectivity index (χ2v) is 8.42. The van der Waals surface area contributed by atoms with E-state index in [1.54, 1.807) is 24.3 Å². The number of imide groups is 1. The molecule has 30 heavy (non-hydrogen) atoms. The lowest BCUT2D eigenvalue weighted by Crippen LogP contribution is -2.28. The van der Waals surface area contributed by atoms with Crippen LogP contribution in [-0.2, 0) is 27.3 Å². The van der Waals surface area contributed by atoms with Crippen molar-refractivity contribution in [2.45, 2.75) is 25.8 Å². The van der Waals surface area contributed by atoms with Crippen molar-refractivity contribution in [1.29, 1.82) is 0 Å². The molecule has 3 heterocycles. The molecular weight excluding hydrogens is 406 g/mol. The number of methoxy groups -OCH3 is 1. The topological polar surface area (TPSA) is 96.0 Å². The highest BCUT2D eigenvalue weighted by molar-refractivity contribution is 7.17. The van der Waals surface area contributed by atoms with Gasteiger partial charge in [0.2, 0.25) is 11.8 Å². The fourth-order valence-corrected chi connectivity index (χ4v) is 5.05. The number of hydrogen-bond acceptors (Lipinski definition) is 7. The van der Waals surface area contributed by atoms with Gasteiger partial charge in [0, 0.05) is 36.4 Å². The molecule has 0 unspecified atom stereocenters. The SMILES string of the molecule is COC(=O)c1c(NC(=O)c2ccc(N3C(=O)CCC3=O)cc2)sc2c1CCN(C)C2. The van der Waals surface area contributed by atoms with Gasteiger partial charge < -0.3 is 15.0 Å². The highest BCUT2D eigenvalue weighted by Gasteiger charge is 2.31. The van der Waals surface area contributed by atoms with Crippen molar-refractivity contribution >= 4 is 45.7 Å². The molecule has 8 nitrogen and oxygen atoms in total. The second-order valence-electron chi connectivity index (χ2n) is 7.31. The van der Waals surface area contributed by atoms with Crippen LogP contribution in [0.3, 0.4) is 0 Å². The summed E-state index contributed by atoms with van der Waals surface area (Å²) in [6, 6.07) is 6.27. The maximum atomic E-state index is 12.8. The van der Waals surface area contributed by atoms with E-state index < -0.39 is 5.97 Å². The Hall–Kier alpha value is -3.04. The van der Waals surface area contributed by atoms with Crippen LogP contribution >= 0.6 is 11.3 Å². The van der Waals surface area contributed by atoms with Gasteiger partial charge in [0.05, 0.1) is 18.4 Å². The van der Waals surface area contributed by atoms with E-state index >= 15 is 0 Å². The van der Waals surface area contributed by atoms with Crippen LogP contribution in [0.1, 0.15) is 44.0 Å². The van der Waals surface area contributed by atoms with Gasteiger partial charge in [-0.3, -0.25) is 19.3 Å². The van der Waals surface area contributed by atoms with Crippen LogP contribution in [0.25, 0.3) is 0 Å².